The van der Waals surface area contributed by atoms with Crippen LogP contribution in [-0.2, 0) is 11.3 Å². The molecule has 0 aliphatic carbocycles. The molecule has 0 aromatic carbocycles. The second-order valence-corrected chi connectivity index (χ2v) is 4.39. The maximum Gasteiger partial charge on any atom is 0.226 e. The van der Waals surface area contributed by atoms with Crippen molar-refractivity contribution in [2.24, 2.45) is 0 Å². The Morgan fingerprint density at radius 3 is 3.06 bits per heavy atom. The summed E-state index contributed by atoms with van der Waals surface area (Å²) in [6, 6.07) is 0. The highest BCUT2D eigenvalue weighted by Gasteiger charge is 2.30. The van der Waals surface area contributed by atoms with Crippen LogP contribution >= 0.6 is 15.9 Å². The highest BCUT2D eigenvalue weighted by molar-refractivity contribution is 9.10. The van der Waals surface area contributed by atoms with E-state index >= 15 is 0 Å². The summed E-state index contributed by atoms with van der Waals surface area (Å²) < 4.78 is 17.0. The van der Waals surface area contributed by atoms with Gasteiger partial charge in [-0.25, -0.2) is 0 Å². The van der Waals surface area contributed by atoms with Crippen LogP contribution in [0.3, 0.4) is 0 Å². The maximum absolute atomic E-state index is 5.49. The molecule has 0 amide bonds. The standard InChI is InChI=1S/C10H9BrN2O3/c1-5-12-13-10(16-5)8-3-14-2-7-6(8)4-15-9(7)11/h4,8H,2-3H2,1H3. The molecule has 0 saturated carbocycles. The summed E-state index contributed by atoms with van der Waals surface area (Å²) in [7, 11) is 0. The Bertz CT molecular complexity index is 520. The Hall–Kier alpha value is -1.14. The second-order valence-electron chi connectivity index (χ2n) is 3.67. The SMILES string of the molecule is Cc1nnc(C2COCc3c2coc3Br)o1. The van der Waals surface area contributed by atoms with Gasteiger partial charge in [-0.3, -0.25) is 0 Å². The largest absolute Gasteiger partial charge is 0.457 e. The molecule has 2 aromatic heterocycles. The van der Waals surface area contributed by atoms with Gasteiger partial charge in [-0.15, -0.1) is 10.2 Å². The Morgan fingerprint density at radius 1 is 1.44 bits per heavy atom. The Labute approximate surface area is 99.9 Å². The number of hydrogen-bond donors (Lipinski definition) is 0. The van der Waals surface area contributed by atoms with E-state index in [1.165, 1.54) is 0 Å². The smallest absolute Gasteiger partial charge is 0.226 e. The Balaban J connectivity index is 2.05. The molecule has 2 aromatic rings. The van der Waals surface area contributed by atoms with Crippen LogP contribution in [0.25, 0.3) is 0 Å². The molecule has 0 spiro atoms. The van der Waals surface area contributed by atoms with Gasteiger partial charge >= 0.3 is 0 Å². The summed E-state index contributed by atoms with van der Waals surface area (Å²) in [4.78, 5) is 0. The van der Waals surface area contributed by atoms with Crippen LogP contribution in [0.4, 0.5) is 0 Å². The van der Waals surface area contributed by atoms with Crippen LogP contribution in [-0.4, -0.2) is 16.8 Å². The zero-order valence-corrected chi connectivity index (χ0v) is 10.2. The summed E-state index contributed by atoms with van der Waals surface area (Å²) in [5.74, 6) is 1.11. The van der Waals surface area contributed by atoms with Gasteiger partial charge in [0.2, 0.25) is 11.8 Å². The molecule has 3 heterocycles. The lowest BCUT2D eigenvalue weighted by molar-refractivity contribution is 0.0932. The van der Waals surface area contributed by atoms with Gasteiger partial charge in [0, 0.05) is 18.1 Å². The predicted molar refractivity (Wildman–Crippen MR) is 56.9 cm³/mol. The van der Waals surface area contributed by atoms with Crippen LogP contribution in [0.15, 0.2) is 19.8 Å². The van der Waals surface area contributed by atoms with Crippen molar-refractivity contribution in [1.29, 1.82) is 0 Å². The first-order valence-electron chi connectivity index (χ1n) is 4.89. The van der Waals surface area contributed by atoms with E-state index in [9.17, 15) is 0 Å². The van der Waals surface area contributed by atoms with Gasteiger partial charge in [-0.2, -0.15) is 0 Å². The molecule has 0 saturated heterocycles. The quantitative estimate of drug-likeness (QED) is 0.805. The van der Waals surface area contributed by atoms with E-state index in [1.54, 1.807) is 13.2 Å². The van der Waals surface area contributed by atoms with Crippen LogP contribution in [0.2, 0.25) is 0 Å². The van der Waals surface area contributed by atoms with Crippen LogP contribution in [0.5, 0.6) is 0 Å². The van der Waals surface area contributed by atoms with Crippen molar-refractivity contribution < 1.29 is 13.6 Å². The molecular weight excluding hydrogens is 276 g/mol. The first-order chi connectivity index (χ1) is 7.75. The number of rotatable bonds is 1. The van der Waals surface area contributed by atoms with Gasteiger partial charge in [0.25, 0.3) is 0 Å². The fraction of sp³-hybridized carbons (Fsp3) is 0.400. The van der Waals surface area contributed by atoms with Crippen molar-refractivity contribution in [2.45, 2.75) is 19.4 Å². The fourth-order valence-electron chi connectivity index (χ4n) is 1.83. The average molecular weight is 285 g/mol. The predicted octanol–water partition coefficient (Wildman–Crippen LogP) is 2.40. The molecule has 0 bridgehead atoms. The summed E-state index contributed by atoms with van der Waals surface area (Å²) in [6.45, 7) is 2.86. The first kappa shape index (κ1) is 10.0. The van der Waals surface area contributed by atoms with Crippen molar-refractivity contribution in [3.63, 3.8) is 0 Å². The van der Waals surface area contributed by atoms with Crippen molar-refractivity contribution in [3.8, 4) is 0 Å². The fourth-order valence-corrected chi connectivity index (χ4v) is 2.27. The molecule has 3 rings (SSSR count). The molecule has 1 unspecified atom stereocenters. The van der Waals surface area contributed by atoms with E-state index in [-0.39, 0.29) is 5.92 Å². The van der Waals surface area contributed by atoms with E-state index in [2.05, 4.69) is 26.1 Å². The summed E-state index contributed by atoms with van der Waals surface area (Å²) in [6.07, 6.45) is 1.71. The van der Waals surface area contributed by atoms with E-state index in [0.717, 1.165) is 11.1 Å². The molecule has 0 fully saturated rings. The van der Waals surface area contributed by atoms with Gasteiger partial charge in [-0.1, -0.05) is 0 Å². The van der Waals surface area contributed by atoms with Crippen LogP contribution in [0, 0.1) is 6.92 Å². The normalized spacial score (nSPS) is 19.8. The van der Waals surface area contributed by atoms with E-state index in [4.69, 9.17) is 13.6 Å². The molecule has 1 atom stereocenters. The van der Waals surface area contributed by atoms with Crippen LogP contribution < -0.4 is 0 Å². The first-order valence-corrected chi connectivity index (χ1v) is 5.68. The monoisotopic (exact) mass is 284 g/mol. The van der Waals surface area contributed by atoms with Gasteiger partial charge in [0.15, 0.2) is 4.67 Å². The minimum absolute atomic E-state index is 0.0278. The number of halogens is 1. The van der Waals surface area contributed by atoms with Crippen molar-refractivity contribution in [3.05, 3.63) is 33.8 Å². The number of nitrogens with zero attached hydrogens (tertiary/aromatic N) is 2. The zero-order valence-electron chi connectivity index (χ0n) is 8.57. The van der Waals surface area contributed by atoms with Gasteiger partial charge < -0.3 is 13.6 Å². The lowest BCUT2D eigenvalue weighted by Gasteiger charge is -2.19. The third-order valence-electron chi connectivity index (χ3n) is 2.62. The van der Waals surface area contributed by atoms with Crippen LogP contribution in [0.1, 0.15) is 28.8 Å². The summed E-state index contributed by atoms with van der Waals surface area (Å²) >= 11 is 3.34. The summed E-state index contributed by atoms with van der Waals surface area (Å²) in [5.41, 5.74) is 2.08. The Morgan fingerprint density at radius 2 is 2.31 bits per heavy atom. The highest BCUT2D eigenvalue weighted by atomic mass is 79.9. The minimum Gasteiger partial charge on any atom is -0.457 e. The van der Waals surface area contributed by atoms with Crippen molar-refractivity contribution >= 4 is 15.9 Å². The number of aryl methyl sites for hydroxylation is 1. The maximum atomic E-state index is 5.49. The molecule has 5 nitrogen and oxygen atoms in total. The third-order valence-corrected chi connectivity index (χ3v) is 3.29. The summed E-state index contributed by atoms with van der Waals surface area (Å²) in [5, 5.41) is 7.85. The lowest BCUT2D eigenvalue weighted by atomic mass is 9.97. The number of hydrogen-bond acceptors (Lipinski definition) is 5. The van der Waals surface area contributed by atoms with Gasteiger partial charge in [-0.05, 0) is 15.9 Å². The number of furan rings is 1. The zero-order chi connectivity index (χ0) is 11.1. The molecule has 16 heavy (non-hydrogen) atoms. The van der Waals surface area contributed by atoms with E-state index in [1.807, 2.05) is 0 Å². The van der Waals surface area contributed by atoms with E-state index in [0.29, 0.717) is 29.7 Å². The molecule has 0 N–H and O–H groups in total. The molecule has 6 heteroatoms. The number of aromatic nitrogens is 2. The second kappa shape index (κ2) is 3.71. The molecular formula is C10H9BrN2O3. The topological polar surface area (TPSA) is 61.3 Å². The third kappa shape index (κ3) is 1.49. The average Bonchev–Trinajstić information content (AvgIpc) is 2.86. The Kier molecular flexibility index (Phi) is 2.33. The minimum atomic E-state index is -0.0278. The number of fused-ring (bicyclic) bond motifs is 1. The van der Waals surface area contributed by atoms with Crippen molar-refractivity contribution in [2.75, 3.05) is 6.61 Å². The molecule has 1 aliphatic heterocycles. The molecule has 84 valence electrons. The molecule has 0 radical (unpaired) electrons. The molecule has 1 aliphatic rings. The number of ether oxygens (including phenoxy) is 1. The lowest BCUT2D eigenvalue weighted by Crippen LogP contribution is -2.16. The van der Waals surface area contributed by atoms with Gasteiger partial charge in [0.05, 0.1) is 25.4 Å². The van der Waals surface area contributed by atoms with E-state index < -0.39 is 0 Å². The highest BCUT2D eigenvalue weighted by Crippen LogP contribution is 2.36. The van der Waals surface area contributed by atoms with Crippen molar-refractivity contribution in [1.82, 2.24) is 10.2 Å². The van der Waals surface area contributed by atoms with Gasteiger partial charge in [0.1, 0.15) is 0 Å².